The highest BCUT2D eigenvalue weighted by molar-refractivity contribution is 6.31. The first kappa shape index (κ1) is 14.3. The molecule has 0 saturated heterocycles. The minimum absolute atomic E-state index is 0.0350. The first-order valence-corrected chi connectivity index (χ1v) is 8.00. The van der Waals surface area contributed by atoms with Crippen molar-refractivity contribution >= 4 is 28.4 Å². The second-order valence-electron chi connectivity index (χ2n) is 5.93. The van der Waals surface area contributed by atoms with Gasteiger partial charge in [0.05, 0.1) is 6.04 Å². The molecule has 2 heterocycles. The smallest absolute Gasteiger partial charge is 0.268 e. The highest BCUT2D eigenvalue weighted by Crippen LogP contribution is 2.30. The van der Waals surface area contributed by atoms with Gasteiger partial charge < -0.3 is 9.88 Å². The summed E-state index contributed by atoms with van der Waals surface area (Å²) in [6, 6.07) is 9.61. The minimum atomic E-state index is -0.0680. The van der Waals surface area contributed by atoms with Crippen LogP contribution in [-0.4, -0.2) is 15.5 Å². The fraction of sp³-hybridized carbons (Fsp3) is 0.222. The quantitative estimate of drug-likeness (QED) is 0.782. The monoisotopic (exact) mass is 325 g/mol. The van der Waals surface area contributed by atoms with E-state index in [0.717, 1.165) is 29.3 Å². The molecule has 0 aliphatic heterocycles. The number of aryl methyl sites for hydroxylation is 2. The van der Waals surface area contributed by atoms with Crippen molar-refractivity contribution in [1.29, 1.82) is 0 Å². The van der Waals surface area contributed by atoms with Crippen LogP contribution < -0.4 is 5.32 Å². The topological polar surface area (TPSA) is 46.9 Å². The zero-order chi connectivity index (χ0) is 16.0. The molecule has 1 unspecified atom stereocenters. The predicted octanol–water partition coefficient (Wildman–Crippen LogP) is 3.64. The summed E-state index contributed by atoms with van der Waals surface area (Å²) in [6.45, 7) is 0. The third-order valence-electron chi connectivity index (χ3n) is 4.57. The fourth-order valence-electron chi connectivity index (χ4n) is 3.34. The predicted molar refractivity (Wildman–Crippen MR) is 90.7 cm³/mol. The summed E-state index contributed by atoms with van der Waals surface area (Å²) in [5, 5.41) is 4.81. The van der Waals surface area contributed by atoms with E-state index in [-0.39, 0.29) is 11.9 Å². The number of aromatic nitrogens is 2. The molecular formula is C18H16ClN3O. The van der Waals surface area contributed by atoms with Crippen LogP contribution in [-0.2, 0) is 13.5 Å². The van der Waals surface area contributed by atoms with Crippen molar-refractivity contribution in [1.82, 2.24) is 14.9 Å². The molecule has 0 radical (unpaired) electrons. The molecule has 5 heteroatoms. The molecule has 3 aromatic rings. The lowest BCUT2D eigenvalue weighted by molar-refractivity contribution is 0.0929. The first-order valence-electron chi connectivity index (χ1n) is 7.62. The van der Waals surface area contributed by atoms with E-state index in [1.54, 1.807) is 6.20 Å². The molecule has 116 valence electrons. The molecule has 1 atom stereocenters. The molecule has 2 aromatic heterocycles. The van der Waals surface area contributed by atoms with E-state index in [2.05, 4.69) is 10.3 Å². The van der Waals surface area contributed by atoms with Crippen LogP contribution in [0.25, 0.3) is 10.9 Å². The Labute approximate surface area is 139 Å². The normalized spacial score (nSPS) is 16.5. The number of benzene rings is 1. The molecule has 0 saturated carbocycles. The summed E-state index contributed by atoms with van der Waals surface area (Å²) in [7, 11) is 1.89. The van der Waals surface area contributed by atoms with Crippen LogP contribution in [0.3, 0.4) is 0 Å². The molecule has 0 bridgehead atoms. The summed E-state index contributed by atoms with van der Waals surface area (Å²) in [5.74, 6) is -0.0680. The number of carbonyl (C=O) groups is 1. The number of nitrogens with zero attached hydrogens (tertiary/aromatic N) is 2. The van der Waals surface area contributed by atoms with Crippen molar-refractivity contribution in [2.75, 3.05) is 0 Å². The van der Waals surface area contributed by atoms with E-state index in [4.69, 9.17) is 11.6 Å². The second-order valence-corrected chi connectivity index (χ2v) is 6.37. The minimum Gasteiger partial charge on any atom is -0.344 e. The van der Waals surface area contributed by atoms with Gasteiger partial charge in [0, 0.05) is 35.4 Å². The highest BCUT2D eigenvalue weighted by atomic mass is 35.5. The summed E-state index contributed by atoms with van der Waals surface area (Å²) in [5.41, 5.74) is 3.99. The molecule has 1 N–H and O–H groups in total. The maximum Gasteiger partial charge on any atom is 0.268 e. The van der Waals surface area contributed by atoms with Gasteiger partial charge in [-0.1, -0.05) is 17.7 Å². The molecule has 4 nitrogen and oxygen atoms in total. The van der Waals surface area contributed by atoms with Crippen molar-refractivity contribution in [3.05, 3.63) is 64.6 Å². The Balaban J connectivity index is 1.64. The number of halogens is 1. The Morgan fingerprint density at radius 2 is 2.22 bits per heavy atom. The molecular weight excluding hydrogens is 310 g/mol. The van der Waals surface area contributed by atoms with Gasteiger partial charge in [-0.15, -0.1) is 0 Å². The molecule has 4 rings (SSSR count). The Morgan fingerprint density at radius 3 is 3.09 bits per heavy atom. The molecule has 23 heavy (non-hydrogen) atoms. The maximum absolute atomic E-state index is 12.7. The number of nitrogens with one attached hydrogen (secondary N) is 1. The SMILES string of the molecule is Cn1c(C(=O)NC2CCc3ccncc32)cc2ccc(Cl)cc21. The van der Waals surface area contributed by atoms with Gasteiger partial charge in [0.15, 0.2) is 0 Å². The van der Waals surface area contributed by atoms with Crippen LogP contribution in [0.2, 0.25) is 5.02 Å². The number of rotatable bonds is 2. The largest absolute Gasteiger partial charge is 0.344 e. The molecule has 1 amide bonds. The van der Waals surface area contributed by atoms with Gasteiger partial charge in [-0.05, 0) is 48.2 Å². The number of pyridine rings is 1. The van der Waals surface area contributed by atoms with Gasteiger partial charge in [-0.25, -0.2) is 0 Å². The van der Waals surface area contributed by atoms with Crippen LogP contribution in [0.1, 0.15) is 34.1 Å². The Morgan fingerprint density at radius 1 is 1.35 bits per heavy atom. The number of amides is 1. The first-order chi connectivity index (χ1) is 11.1. The third-order valence-corrected chi connectivity index (χ3v) is 4.80. The van der Waals surface area contributed by atoms with Gasteiger partial charge in [-0.2, -0.15) is 0 Å². The number of hydrogen-bond acceptors (Lipinski definition) is 2. The Bertz CT molecular complexity index is 916. The van der Waals surface area contributed by atoms with E-state index in [1.165, 1.54) is 5.56 Å². The number of hydrogen-bond donors (Lipinski definition) is 1. The zero-order valence-corrected chi connectivity index (χ0v) is 13.5. The van der Waals surface area contributed by atoms with Gasteiger partial charge in [0.25, 0.3) is 5.91 Å². The lowest BCUT2D eigenvalue weighted by Crippen LogP contribution is -2.28. The summed E-state index contributed by atoms with van der Waals surface area (Å²) in [6.07, 6.45) is 5.56. The summed E-state index contributed by atoms with van der Waals surface area (Å²) < 4.78 is 1.88. The van der Waals surface area contributed by atoms with E-state index in [1.807, 2.05) is 48.1 Å². The van der Waals surface area contributed by atoms with Gasteiger partial charge in [0.1, 0.15) is 5.69 Å². The third kappa shape index (κ3) is 2.39. The fourth-order valence-corrected chi connectivity index (χ4v) is 3.50. The van der Waals surface area contributed by atoms with Crippen molar-refractivity contribution < 1.29 is 4.79 Å². The maximum atomic E-state index is 12.7. The van der Waals surface area contributed by atoms with Crippen LogP contribution in [0.5, 0.6) is 0 Å². The van der Waals surface area contributed by atoms with Crippen molar-refractivity contribution in [2.45, 2.75) is 18.9 Å². The van der Waals surface area contributed by atoms with Gasteiger partial charge >= 0.3 is 0 Å². The number of carbonyl (C=O) groups excluding carboxylic acids is 1. The van der Waals surface area contributed by atoms with Gasteiger partial charge in [0.2, 0.25) is 0 Å². The Hall–Kier alpha value is -2.33. The van der Waals surface area contributed by atoms with Crippen molar-refractivity contribution in [3.63, 3.8) is 0 Å². The van der Waals surface area contributed by atoms with Crippen LogP contribution in [0.15, 0.2) is 42.7 Å². The zero-order valence-electron chi connectivity index (χ0n) is 12.7. The van der Waals surface area contributed by atoms with Crippen LogP contribution >= 0.6 is 11.6 Å². The van der Waals surface area contributed by atoms with E-state index < -0.39 is 0 Å². The van der Waals surface area contributed by atoms with Crippen molar-refractivity contribution in [2.24, 2.45) is 7.05 Å². The molecule has 1 aliphatic carbocycles. The molecule has 0 spiro atoms. The average Bonchev–Trinajstić information content (AvgIpc) is 3.10. The van der Waals surface area contributed by atoms with E-state index >= 15 is 0 Å². The lowest BCUT2D eigenvalue weighted by atomic mass is 10.1. The van der Waals surface area contributed by atoms with Gasteiger partial charge in [-0.3, -0.25) is 9.78 Å². The lowest BCUT2D eigenvalue weighted by Gasteiger charge is -2.14. The highest BCUT2D eigenvalue weighted by Gasteiger charge is 2.25. The number of fused-ring (bicyclic) bond motifs is 2. The standard InChI is InChI=1S/C18H16ClN3O/c1-22-16-9-13(19)4-2-12(16)8-17(22)18(23)21-15-5-3-11-6-7-20-10-14(11)15/h2,4,6-10,15H,3,5H2,1H3,(H,21,23). The Kier molecular flexibility index (Phi) is 3.34. The molecule has 1 aliphatic rings. The summed E-state index contributed by atoms with van der Waals surface area (Å²) in [4.78, 5) is 16.9. The average molecular weight is 326 g/mol. The second kappa shape index (κ2) is 5.39. The van der Waals surface area contributed by atoms with Crippen LogP contribution in [0, 0.1) is 0 Å². The summed E-state index contributed by atoms with van der Waals surface area (Å²) >= 11 is 6.05. The molecule has 0 fully saturated rings. The molecule has 1 aromatic carbocycles. The van der Waals surface area contributed by atoms with Crippen LogP contribution in [0.4, 0.5) is 0 Å². The van der Waals surface area contributed by atoms with E-state index in [9.17, 15) is 4.79 Å². The van der Waals surface area contributed by atoms with E-state index in [0.29, 0.717) is 10.7 Å². The van der Waals surface area contributed by atoms with Crippen molar-refractivity contribution in [3.8, 4) is 0 Å².